The number of nitrogens with two attached hydrogens (primary N) is 1. The minimum atomic E-state index is -0.411. The highest BCUT2D eigenvalue weighted by molar-refractivity contribution is 6.32. The second kappa shape index (κ2) is 12.3. The van der Waals surface area contributed by atoms with E-state index in [0.29, 0.717) is 51.2 Å². The van der Waals surface area contributed by atoms with Crippen LogP contribution < -0.4 is 15.8 Å². The summed E-state index contributed by atoms with van der Waals surface area (Å²) in [5.41, 5.74) is 12.1. The van der Waals surface area contributed by atoms with Crippen LogP contribution in [0.4, 0.5) is 5.82 Å². The SMILES string of the molecule is CCOc1c(C(C)n2nc(-c3ccc(C(=O)NC)nc3)c3c(N)ncnc32)cc(Cl)c(C)c1-c1ccc(C(=N)N(C)C)nc1. The fraction of sp³-hybridized carbons (Fsp3) is 0.258. The van der Waals surface area contributed by atoms with Gasteiger partial charge in [0.05, 0.1) is 18.0 Å². The van der Waals surface area contributed by atoms with Gasteiger partial charge in [-0.1, -0.05) is 17.7 Å². The number of amides is 1. The third kappa shape index (κ3) is 5.39. The van der Waals surface area contributed by atoms with Crippen LogP contribution in [0.3, 0.4) is 0 Å². The molecule has 4 heterocycles. The van der Waals surface area contributed by atoms with E-state index < -0.39 is 6.04 Å². The Bertz CT molecular complexity index is 1870. The number of fused-ring (bicyclic) bond motifs is 1. The van der Waals surface area contributed by atoms with E-state index in [9.17, 15) is 4.79 Å². The first-order chi connectivity index (χ1) is 21.1. The third-order valence-electron chi connectivity index (χ3n) is 7.37. The van der Waals surface area contributed by atoms with Gasteiger partial charge < -0.3 is 20.7 Å². The highest BCUT2D eigenvalue weighted by atomic mass is 35.5. The number of ether oxygens (including phenoxy) is 1. The summed E-state index contributed by atoms with van der Waals surface area (Å²) in [6, 6.07) is 8.59. The molecule has 13 heteroatoms. The summed E-state index contributed by atoms with van der Waals surface area (Å²) in [5, 5.41) is 16.9. The fourth-order valence-corrected chi connectivity index (χ4v) is 5.22. The monoisotopic (exact) mass is 612 g/mol. The number of carbonyl (C=O) groups is 1. The molecule has 226 valence electrons. The minimum absolute atomic E-state index is 0.265. The van der Waals surface area contributed by atoms with Gasteiger partial charge in [-0.25, -0.2) is 14.6 Å². The van der Waals surface area contributed by atoms with Gasteiger partial charge in [0.1, 0.15) is 40.8 Å². The lowest BCUT2D eigenvalue weighted by molar-refractivity contribution is 0.0958. The van der Waals surface area contributed by atoms with Crippen LogP contribution in [0.15, 0.2) is 49.1 Å². The maximum atomic E-state index is 12.0. The number of halogens is 1. The first-order valence-electron chi connectivity index (χ1n) is 13.9. The summed E-state index contributed by atoms with van der Waals surface area (Å²) in [6.07, 6.45) is 4.70. The molecular formula is C31H33ClN10O2. The van der Waals surface area contributed by atoms with E-state index >= 15 is 0 Å². The number of benzene rings is 1. The molecule has 0 aliphatic rings. The number of aromatic nitrogens is 6. The Kier molecular flexibility index (Phi) is 8.45. The van der Waals surface area contributed by atoms with Gasteiger partial charge in [0.15, 0.2) is 5.65 Å². The topological polar surface area (TPSA) is 161 Å². The van der Waals surface area contributed by atoms with E-state index in [2.05, 4.69) is 25.3 Å². The summed E-state index contributed by atoms with van der Waals surface area (Å²) < 4.78 is 8.07. The first kappa shape index (κ1) is 30.4. The minimum Gasteiger partial charge on any atom is -0.493 e. The van der Waals surface area contributed by atoms with Crippen molar-refractivity contribution in [3.8, 4) is 28.1 Å². The number of nitrogens with one attached hydrogen (secondary N) is 2. The predicted octanol–water partition coefficient (Wildman–Crippen LogP) is 4.75. The third-order valence-corrected chi connectivity index (χ3v) is 7.76. The van der Waals surface area contributed by atoms with Crippen molar-refractivity contribution >= 4 is 40.2 Å². The number of carbonyl (C=O) groups excluding carboxylic acids is 1. The van der Waals surface area contributed by atoms with Gasteiger partial charge in [-0.05, 0) is 50.6 Å². The molecule has 4 N–H and O–H groups in total. The molecule has 4 aromatic heterocycles. The standard InChI is InChI=1S/C31H33ClN10O2/c1-7-44-27-20(12-21(32)16(2)24(27)18-8-10-22(36-13-18)29(34)41(5)6)17(3)42-30-25(28(33)38-15-39-30)26(40-42)19-9-11-23(37-14-19)31(43)35-4/h8-15,17,34H,7H2,1-6H3,(H,35,43)(H2,33,38,39). The van der Waals surface area contributed by atoms with Gasteiger partial charge in [-0.15, -0.1) is 0 Å². The van der Waals surface area contributed by atoms with Gasteiger partial charge in [-0.2, -0.15) is 5.10 Å². The quantitative estimate of drug-likeness (QED) is 0.166. The van der Waals surface area contributed by atoms with E-state index in [1.807, 2.05) is 39.0 Å². The molecule has 0 spiro atoms. The number of nitrogens with zero attached hydrogens (tertiary/aromatic N) is 7. The maximum absolute atomic E-state index is 12.0. The van der Waals surface area contributed by atoms with Crippen LogP contribution >= 0.6 is 11.6 Å². The Morgan fingerprint density at radius 1 is 1.11 bits per heavy atom. The van der Waals surface area contributed by atoms with Crippen molar-refractivity contribution in [3.05, 3.63) is 76.6 Å². The van der Waals surface area contributed by atoms with Crippen molar-refractivity contribution in [2.24, 2.45) is 0 Å². The van der Waals surface area contributed by atoms with Gasteiger partial charge in [-0.3, -0.25) is 20.2 Å². The molecule has 0 aliphatic carbocycles. The molecule has 0 radical (unpaired) electrons. The van der Waals surface area contributed by atoms with Gasteiger partial charge in [0.2, 0.25) is 0 Å². The van der Waals surface area contributed by atoms with Crippen LogP contribution in [0.2, 0.25) is 5.02 Å². The lowest BCUT2D eigenvalue weighted by atomic mass is 9.94. The first-order valence-corrected chi connectivity index (χ1v) is 14.3. The zero-order valence-electron chi connectivity index (χ0n) is 25.3. The van der Waals surface area contributed by atoms with E-state index in [0.717, 1.165) is 22.3 Å². The van der Waals surface area contributed by atoms with Crippen LogP contribution in [0.25, 0.3) is 33.4 Å². The Morgan fingerprint density at radius 2 is 1.80 bits per heavy atom. The lowest BCUT2D eigenvalue weighted by Crippen LogP contribution is -2.22. The van der Waals surface area contributed by atoms with E-state index in [4.69, 9.17) is 32.6 Å². The summed E-state index contributed by atoms with van der Waals surface area (Å²) in [4.78, 5) is 31.4. The number of anilines is 1. The number of hydrogen-bond acceptors (Lipinski definition) is 9. The largest absolute Gasteiger partial charge is 0.493 e. The van der Waals surface area contributed by atoms with Crippen molar-refractivity contribution in [3.63, 3.8) is 0 Å². The lowest BCUT2D eigenvalue weighted by Gasteiger charge is -2.23. The summed E-state index contributed by atoms with van der Waals surface area (Å²) in [6.45, 7) is 6.25. The van der Waals surface area contributed by atoms with Crippen LogP contribution in [0, 0.1) is 12.3 Å². The summed E-state index contributed by atoms with van der Waals surface area (Å²) >= 11 is 6.86. The number of pyridine rings is 2. The predicted molar refractivity (Wildman–Crippen MR) is 171 cm³/mol. The number of rotatable bonds is 8. The second-order valence-electron chi connectivity index (χ2n) is 10.3. The molecule has 5 rings (SSSR count). The Morgan fingerprint density at radius 3 is 2.41 bits per heavy atom. The molecule has 44 heavy (non-hydrogen) atoms. The molecule has 1 atom stereocenters. The number of nitrogen functional groups attached to an aromatic ring is 1. The van der Waals surface area contributed by atoms with Crippen molar-refractivity contribution in [2.75, 3.05) is 33.5 Å². The van der Waals surface area contributed by atoms with Gasteiger partial charge >= 0.3 is 0 Å². The molecule has 1 aromatic carbocycles. The molecule has 12 nitrogen and oxygen atoms in total. The average molecular weight is 613 g/mol. The van der Waals surface area contributed by atoms with Crippen molar-refractivity contribution < 1.29 is 9.53 Å². The zero-order chi connectivity index (χ0) is 31.7. The zero-order valence-corrected chi connectivity index (χ0v) is 26.1. The molecular weight excluding hydrogens is 580 g/mol. The Labute approximate surface area is 259 Å². The summed E-state index contributed by atoms with van der Waals surface area (Å²) in [7, 11) is 5.16. The highest BCUT2D eigenvalue weighted by Crippen LogP contribution is 2.44. The second-order valence-corrected chi connectivity index (χ2v) is 10.7. The highest BCUT2D eigenvalue weighted by Gasteiger charge is 2.27. The average Bonchev–Trinajstić information content (AvgIpc) is 3.43. The molecule has 0 fully saturated rings. The van der Waals surface area contributed by atoms with Gasteiger partial charge in [0.25, 0.3) is 5.91 Å². The van der Waals surface area contributed by atoms with Crippen molar-refractivity contribution in [2.45, 2.75) is 26.8 Å². The van der Waals surface area contributed by atoms with Crippen molar-refractivity contribution in [1.82, 2.24) is 39.9 Å². The molecule has 5 aromatic rings. The van der Waals surface area contributed by atoms with Crippen LogP contribution in [-0.2, 0) is 0 Å². The number of hydrogen-bond donors (Lipinski definition) is 3. The molecule has 0 aliphatic heterocycles. The summed E-state index contributed by atoms with van der Waals surface area (Å²) in [5.74, 6) is 0.920. The van der Waals surface area contributed by atoms with Gasteiger partial charge in [0, 0.05) is 60.8 Å². The van der Waals surface area contributed by atoms with E-state index in [1.165, 1.54) is 6.33 Å². The van der Waals surface area contributed by atoms with Crippen LogP contribution in [-0.4, -0.2) is 74.1 Å². The Hall–Kier alpha value is -5.10. The molecule has 0 saturated heterocycles. The normalized spacial score (nSPS) is 11.8. The molecule has 0 bridgehead atoms. The van der Waals surface area contributed by atoms with E-state index in [-0.39, 0.29) is 17.4 Å². The molecule has 0 saturated carbocycles. The van der Waals surface area contributed by atoms with Crippen LogP contribution in [0.5, 0.6) is 5.75 Å². The maximum Gasteiger partial charge on any atom is 0.269 e. The smallest absolute Gasteiger partial charge is 0.269 e. The van der Waals surface area contributed by atoms with E-state index in [1.54, 1.807) is 55.3 Å². The fourth-order valence-electron chi connectivity index (χ4n) is 5.01. The molecule has 1 amide bonds. The molecule has 1 unspecified atom stereocenters. The number of amidine groups is 1. The van der Waals surface area contributed by atoms with Crippen LogP contribution in [0.1, 0.15) is 47.2 Å². The van der Waals surface area contributed by atoms with Crippen molar-refractivity contribution in [1.29, 1.82) is 5.41 Å². The Balaban J connectivity index is 1.67.